The Kier molecular flexibility index (Phi) is 5.34. The van der Waals surface area contributed by atoms with Crippen LogP contribution in [0.25, 0.3) is 0 Å². The smallest absolute Gasteiger partial charge is 0.305 e. The number of carbonyl (C=O) groups is 2. The molecule has 0 radical (unpaired) electrons. The Morgan fingerprint density at radius 2 is 2.14 bits per heavy atom. The molecule has 2 rings (SSSR count). The van der Waals surface area contributed by atoms with Crippen LogP contribution in [0.3, 0.4) is 0 Å². The van der Waals surface area contributed by atoms with Crippen molar-refractivity contribution in [2.45, 2.75) is 43.2 Å². The molecule has 0 saturated heterocycles. The van der Waals surface area contributed by atoms with Gasteiger partial charge in [-0.2, -0.15) is 0 Å². The molecule has 1 N–H and O–H groups in total. The Hall–Kier alpha value is -1.69. The average molecular weight is 323 g/mol. The molecule has 5 nitrogen and oxygen atoms in total. The van der Waals surface area contributed by atoms with Gasteiger partial charge in [0.15, 0.2) is 6.10 Å². The number of amides is 1. The molecular formula is C16H21NO4S. The summed E-state index contributed by atoms with van der Waals surface area (Å²) in [5, 5.41) is 2.95. The van der Waals surface area contributed by atoms with Gasteiger partial charge < -0.3 is 14.8 Å². The van der Waals surface area contributed by atoms with E-state index in [1.807, 2.05) is 38.1 Å². The lowest BCUT2D eigenvalue weighted by Gasteiger charge is -2.30. The number of hydrogen-bond acceptors (Lipinski definition) is 5. The molecule has 120 valence electrons. The fraction of sp³-hybridized carbons (Fsp3) is 0.500. The van der Waals surface area contributed by atoms with Crippen molar-refractivity contribution in [3.8, 4) is 5.75 Å². The summed E-state index contributed by atoms with van der Waals surface area (Å²) < 4.78 is 10.4. The fourth-order valence-electron chi connectivity index (χ4n) is 2.14. The number of carbonyl (C=O) groups excluding carboxylic acids is 2. The highest BCUT2D eigenvalue weighted by atomic mass is 32.2. The van der Waals surface area contributed by atoms with E-state index in [4.69, 9.17) is 4.74 Å². The molecule has 0 fully saturated rings. The molecule has 0 bridgehead atoms. The third-order valence-corrected chi connectivity index (χ3v) is 4.56. The first-order valence-electron chi connectivity index (χ1n) is 7.18. The summed E-state index contributed by atoms with van der Waals surface area (Å²) in [5.41, 5.74) is -0.490. The number of hydrogen-bond donors (Lipinski definition) is 1. The van der Waals surface area contributed by atoms with Crippen molar-refractivity contribution in [2.24, 2.45) is 0 Å². The van der Waals surface area contributed by atoms with Gasteiger partial charge in [0.25, 0.3) is 5.91 Å². The zero-order valence-corrected chi connectivity index (χ0v) is 13.9. The van der Waals surface area contributed by atoms with Gasteiger partial charge in [-0.15, -0.1) is 11.8 Å². The Bertz CT molecular complexity index is 559. The summed E-state index contributed by atoms with van der Waals surface area (Å²) in [6, 6.07) is 7.68. The third kappa shape index (κ3) is 4.40. The molecule has 1 aromatic rings. The second-order valence-corrected chi connectivity index (χ2v) is 6.88. The number of fused-ring (bicyclic) bond motifs is 1. The Morgan fingerprint density at radius 1 is 1.41 bits per heavy atom. The lowest BCUT2D eigenvalue weighted by molar-refractivity contribution is -0.141. The maximum absolute atomic E-state index is 12.4. The van der Waals surface area contributed by atoms with Crippen molar-refractivity contribution in [2.75, 3.05) is 12.9 Å². The molecule has 1 unspecified atom stereocenters. The van der Waals surface area contributed by atoms with Gasteiger partial charge in [-0.1, -0.05) is 12.1 Å². The minimum atomic E-state index is -0.516. The van der Waals surface area contributed by atoms with Crippen LogP contribution >= 0.6 is 11.8 Å². The normalized spacial score (nSPS) is 17.1. The number of esters is 1. The predicted octanol–water partition coefficient (Wildman–Crippen LogP) is 2.39. The van der Waals surface area contributed by atoms with Crippen LogP contribution in [0, 0.1) is 0 Å². The Labute approximate surface area is 134 Å². The molecule has 1 amide bonds. The molecule has 1 heterocycles. The van der Waals surface area contributed by atoms with E-state index < -0.39 is 11.6 Å². The number of rotatable bonds is 5. The van der Waals surface area contributed by atoms with E-state index in [2.05, 4.69) is 10.1 Å². The summed E-state index contributed by atoms with van der Waals surface area (Å²) in [4.78, 5) is 24.6. The third-order valence-electron chi connectivity index (χ3n) is 3.44. The molecule has 22 heavy (non-hydrogen) atoms. The van der Waals surface area contributed by atoms with Gasteiger partial charge >= 0.3 is 5.97 Å². The van der Waals surface area contributed by atoms with Crippen molar-refractivity contribution in [3.63, 3.8) is 0 Å². The van der Waals surface area contributed by atoms with Crippen molar-refractivity contribution < 1.29 is 19.1 Å². The van der Waals surface area contributed by atoms with Crippen molar-refractivity contribution >= 4 is 23.6 Å². The number of ether oxygens (including phenoxy) is 2. The minimum Gasteiger partial charge on any atom is -0.479 e. The maximum atomic E-state index is 12.4. The van der Waals surface area contributed by atoms with Gasteiger partial charge in [0.1, 0.15) is 5.75 Å². The van der Waals surface area contributed by atoms with Gasteiger partial charge in [-0.05, 0) is 32.4 Å². The van der Waals surface area contributed by atoms with Gasteiger partial charge in [-0.25, -0.2) is 0 Å². The Balaban J connectivity index is 1.91. The maximum Gasteiger partial charge on any atom is 0.305 e. The summed E-state index contributed by atoms with van der Waals surface area (Å²) in [5.74, 6) is 0.888. The monoisotopic (exact) mass is 323 g/mol. The molecule has 0 spiro atoms. The van der Waals surface area contributed by atoms with Crippen LogP contribution in [0.2, 0.25) is 0 Å². The summed E-state index contributed by atoms with van der Waals surface area (Å²) in [6.07, 6.45) is 0.270. The molecule has 6 heteroatoms. The van der Waals surface area contributed by atoms with E-state index in [9.17, 15) is 9.59 Å². The van der Waals surface area contributed by atoms with Crippen LogP contribution < -0.4 is 10.1 Å². The molecule has 1 aromatic carbocycles. The van der Waals surface area contributed by atoms with Gasteiger partial charge in [0.05, 0.1) is 7.11 Å². The van der Waals surface area contributed by atoms with Crippen LogP contribution in [0.4, 0.5) is 0 Å². The standard InChI is InChI=1S/C16H21NO4S/c1-16(2,9-8-14(18)20-3)17-15(19)12-10-22-13-7-5-4-6-11(13)21-12/h4-7,12H,8-10H2,1-3H3,(H,17,19). The summed E-state index contributed by atoms with van der Waals surface area (Å²) in [6.45, 7) is 3.77. The molecular weight excluding hydrogens is 302 g/mol. The van der Waals surface area contributed by atoms with Gasteiger partial charge in [-0.3, -0.25) is 9.59 Å². The molecule has 0 saturated carbocycles. The van der Waals surface area contributed by atoms with Crippen molar-refractivity contribution in [3.05, 3.63) is 24.3 Å². The van der Waals surface area contributed by atoms with E-state index in [-0.39, 0.29) is 18.3 Å². The van der Waals surface area contributed by atoms with Crippen LogP contribution in [-0.4, -0.2) is 36.4 Å². The first-order chi connectivity index (χ1) is 10.4. The van der Waals surface area contributed by atoms with E-state index >= 15 is 0 Å². The van der Waals surface area contributed by atoms with E-state index in [0.29, 0.717) is 12.2 Å². The molecule has 0 aliphatic carbocycles. The Morgan fingerprint density at radius 3 is 2.86 bits per heavy atom. The lowest BCUT2D eigenvalue weighted by Crippen LogP contribution is -2.50. The molecule has 0 aromatic heterocycles. The summed E-state index contributed by atoms with van der Waals surface area (Å²) >= 11 is 1.61. The summed E-state index contributed by atoms with van der Waals surface area (Å²) in [7, 11) is 1.36. The largest absolute Gasteiger partial charge is 0.479 e. The highest BCUT2D eigenvalue weighted by molar-refractivity contribution is 7.99. The second kappa shape index (κ2) is 7.05. The first-order valence-corrected chi connectivity index (χ1v) is 8.17. The lowest BCUT2D eigenvalue weighted by atomic mass is 9.98. The molecule has 1 aliphatic heterocycles. The van der Waals surface area contributed by atoms with E-state index in [1.54, 1.807) is 11.8 Å². The van der Waals surface area contributed by atoms with Crippen LogP contribution in [-0.2, 0) is 14.3 Å². The second-order valence-electron chi connectivity index (χ2n) is 5.81. The topological polar surface area (TPSA) is 64.6 Å². The number of para-hydroxylation sites is 1. The number of nitrogens with one attached hydrogen (secondary N) is 1. The number of thioether (sulfide) groups is 1. The van der Waals surface area contributed by atoms with Crippen LogP contribution in [0.5, 0.6) is 5.75 Å². The quantitative estimate of drug-likeness (QED) is 0.843. The van der Waals surface area contributed by atoms with E-state index in [1.165, 1.54) is 7.11 Å². The molecule has 1 atom stereocenters. The predicted molar refractivity (Wildman–Crippen MR) is 85.1 cm³/mol. The SMILES string of the molecule is COC(=O)CCC(C)(C)NC(=O)C1CSc2ccccc2O1. The minimum absolute atomic E-state index is 0.156. The van der Waals surface area contributed by atoms with Gasteiger partial charge in [0.2, 0.25) is 0 Å². The number of methoxy groups -OCH3 is 1. The van der Waals surface area contributed by atoms with Crippen LogP contribution in [0.1, 0.15) is 26.7 Å². The fourth-order valence-corrected chi connectivity index (χ4v) is 3.13. The average Bonchev–Trinajstić information content (AvgIpc) is 2.51. The van der Waals surface area contributed by atoms with E-state index in [0.717, 1.165) is 10.6 Å². The first kappa shape index (κ1) is 16.7. The highest BCUT2D eigenvalue weighted by Crippen LogP contribution is 2.35. The number of benzene rings is 1. The van der Waals surface area contributed by atoms with Crippen molar-refractivity contribution in [1.29, 1.82) is 0 Å². The zero-order chi connectivity index (χ0) is 16.2. The molecule has 1 aliphatic rings. The van der Waals surface area contributed by atoms with Crippen LogP contribution in [0.15, 0.2) is 29.2 Å². The highest BCUT2D eigenvalue weighted by Gasteiger charge is 2.30. The van der Waals surface area contributed by atoms with Crippen molar-refractivity contribution in [1.82, 2.24) is 5.32 Å². The van der Waals surface area contributed by atoms with Gasteiger partial charge in [0, 0.05) is 22.6 Å². The zero-order valence-electron chi connectivity index (χ0n) is 13.0.